The maximum absolute atomic E-state index is 5.69. The quantitative estimate of drug-likeness (QED) is 0.823. The largest absolute Gasteiger partial charge is 0.486 e. The van der Waals surface area contributed by atoms with E-state index in [0.29, 0.717) is 25.2 Å². The standard InChI is InChI=1S/C17H27NO2/c1-4-6-15(18-9-5-2)13(3)14-7-8-16-17(12-14)20-11-10-19-16/h7-8,12-13,15,18H,4-6,9-11H2,1-3H3. The Kier molecular flexibility index (Phi) is 5.72. The van der Waals surface area contributed by atoms with E-state index in [1.54, 1.807) is 0 Å². The molecule has 1 N–H and O–H groups in total. The Morgan fingerprint density at radius 3 is 2.55 bits per heavy atom. The molecule has 3 heteroatoms. The first-order chi connectivity index (χ1) is 9.76. The number of hydrogen-bond donors (Lipinski definition) is 1. The van der Waals surface area contributed by atoms with Crippen LogP contribution in [0.3, 0.4) is 0 Å². The van der Waals surface area contributed by atoms with Gasteiger partial charge in [-0.3, -0.25) is 0 Å². The van der Waals surface area contributed by atoms with Crippen LogP contribution in [0.25, 0.3) is 0 Å². The van der Waals surface area contributed by atoms with E-state index in [2.05, 4.69) is 38.2 Å². The van der Waals surface area contributed by atoms with E-state index in [4.69, 9.17) is 9.47 Å². The predicted octanol–water partition coefficient (Wildman–Crippen LogP) is 3.73. The third-order valence-electron chi connectivity index (χ3n) is 3.95. The minimum absolute atomic E-state index is 0.484. The van der Waals surface area contributed by atoms with Gasteiger partial charge in [-0.25, -0.2) is 0 Å². The van der Waals surface area contributed by atoms with Crippen LogP contribution < -0.4 is 14.8 Å². The fraction of sp³-hybridized carbons (Fsp3) is 0.647. The number of hydrogen-bond acceptors (Lipinski definition) is 3. The highest BCUT2D eigenvalue weighted by Gasteiger charge is 2.20. The molecule has 20 heavy (non-hydrogen) atoms. The zero-order valence-corrected chi connectivity index (χ0v) is 12.9. The fourth-order valence-electron chi connectivity index (χ4n) is 2.75. The van der Waals surface area contributed by atoms with Crippen LogP contribution in [0.15, 0.2) is 18.2 Å². The molecule has 0 bridgehead atoms. The minimum atomic E-state index is 0.484. The highest BCUT2D eigenvalue weighted by molar-refractivity contribution is 5.45. The van der Waals surface area contributed by atoms with E-state index >= 15 is 0 Å². The summed E-state index contributed by atoms with van der Waals surface area (Å²) in [5.41, 5.74) is 1.33. The highest BCUT2D eigenvalue weighted by atomic mass is 16.6. The van der Waals surface area contributed by atoms with E-state index < -0.39 is 0 Å². The monoisotopic (exact) mass is 277 g/mol. The molecule has 2 atom stereocenters. The second-order valence-electron chi connectivity index (χ2n) is 5.54. The summed E-state index contributed by atoms with van der Waals surface area (Å²) in [6.07, 6.45) is 3.58. The first-order valence-electron chi connectivity index (χ1n) is 7.89. The van der Waals surface area contributed by atoms with Crippen molar-refractivity contribution in [3.8, 4) is 11.5 Å². The lowest BCUT2D eigenvalue weighted by atomic mass is 9.90. The zero-order chi connectivity index (χ0) is 14.4. The van der Waals surface area contributed by atoms with E-state index in [9.17, 15) is 0 Å². The second-order valence-corrected chi connectivity index (χ2v) is 5.54. The van der Waals surface area contributed by atoms with E-state index in [-0.39, 0.29) is 0 Å². The van der Waals surface area contributed by atoms with Crippen LogP contribution in [0.5, 0.6) is 11.5 Å². The molecular formula is C17H27NO2. The summed E-state index contributed by atoms with van der Waals surface area (Å²) in [5.74, 6) is 2.25. The molecule has 0 aliphatic carbocycles. The van der Waals surface area contributed by atoms with Gasteiger partial charge in [0.15, 0.2) is 11.5 Å². The van der Waals surface area contributed by atoms with Gasteiger partial charge in [0, 0.05) is 6.04 Å². The molecule has 0 radical (unpaired) electrons. The average Bonchev–Trinajstić information content (AvgIpc) is 2.50. The van der Waals surface area contributed by atoms with E-state index in [1.165, 1.54) is 24.8 Å². The second kappa shape index (κ2) is 7.53. The Bertz CT molecular complexity index is 419. The molecule has 0 aromatic heterocycles. The van der Waals surface area contributed by atoms with Crippen molar-refractivity contribution < 1.29 is 9.47 Å². The molecule has 2 unspecified atom stereocenters. The van der Waals surface area contributed by atoms with Gasteiger partial charge in [0.1, 0.15) is 13.2 Å². The summed E-state index contributed by atoms with van der Waals surface area (Å²) in [6.45, 7) is 9.14. The molecule has 2 rings (SSSR count). The lowest BCUT2D eigenvalue weighted by Crippen LogP contribution is -2.34. The Morgan fingerprint density at radius 1 is 1.10 bits per heavy atom. The minimum Gasteiger partial charge on any atom is -0.486 e. The fourth-order valence-corrected chi connectivity index (χ4v) is 2.75. The number of benzene rings is 1. The lowest BCUT2D eigenvalue weighted by Gasteiger charge is -2.27. The smallest absolute Gasteiger partial charge is 0.161 e. The first-order valence-corrected chi connectivity index (χ1v) is 7.89. The molecule has 1 aliphatic rings. The number of ether oxygens (including phenoxy) is 2. The molecule has 0 amide bonds. The van der Waals surface area contributed by atoms with Crippen LogP contribution in [0, 0.1) is 0 Å². The Morgan fingerprint density at radius 2 is 1.85 bits per heavy atom. The van der Waals surface area contributed by atoms with Gasteiger partial charge in [0.2, 0.25) is 0 Å². The molecule has 1 heterocycles. The van der Waals surface area contributed by atoms with E-state index in [1.807, 2.05) is 6.07 Å². The van der Waals surface area contributed by atoms with Crippen molar-refractivity contribution in [3.63, 3.8) is 0 Å². The summed E-state index contributed by atoms with van der Waals surface area (Å²) >= 11 is 0. The zero-order valence-electron chi connectivity index (χ0n) is 12.9. The van der Waals surface area contributed by atoms with Crippen molar-refractivity contribution in [1.29, 1.82) is 0 Å². The van der Waals surface area contributed by atoms with Gasteiger partial charge in [0.25, 0.3) is 0 Å². The van der Waals surface area contributed by atoms with Crippen LogP contribution in [0.1, 0.15) is 51.5 Å². The van der Waals surface area contributed by atoms with Gasteiger partial charge in [0.05, 0.1) is 0 Å². The molecule has 0 saturated carbocycles. The molecule has 0 fully saturated rings. The molecule has 1 aromatic rings. The highest BCUT2D eigenvalue weighted by Crippen LogP contribution is 2.34. The van der Waals surface area contributed by atoms with Crippen LogP contribution in [0.4, 0.5) is 0 Å². The first kappa shape index (κ1) is 15.2. The van der Waals surface area contributed by atoms with Crippen molar-refractivity contribution in [2.24, 2.45) is 0 Å². The van der Waals surface area contributed by atoms with Gasteiger partial charge in [-0.2, -0.15) is 0 Å². The summed E-state index contributed by atoms with van der Waals surface area (Å²) in [6, 6.07) is 6.90. The number of fused-ring (bicyclic) bond motifs is 1. The van der Waals surface area contributed by atoms with Crippen molar-refractivity contribution in [1.82, 2.24) is 5.32 Å². The maximum atomic E-state index is 5.69. The molecule has 0 spiro atoms. The van der Waals surface area contributed by atoms with Crippen molar-refractivity contribution >= 4 is 0 Å². The molecule has 1 aromatic carbocycles. The number of nitrogens with one attached hydrogen (secondary N) is 1. The van der Waals surface area contributed by atoms with Crippen LogP contribution in [0.2, 0.25) is 0 Å². The van der Waals surface area contributed by atoms with Crippen molar-refractivity contribution in [3.05, 3.63) is 23.8 Å². The third-order valence-corrected chi connectivity index (χ3v) is 3.95. The summed E-state index contributed by atoms with van der Waals surface area (Å²) < 4.78 is 11.3. The van der Waals surface area contributed by atoms with Crippen LogP contribution >= 0.6 is 0 Å². The van der Waals surface area contributed by atoms with E-state index in [0.717, 1.165) is 18.0 Å². The summed E-state index contributed by atoms with van der Waals surface area (Å²) in [4.78, 5) is 0. The number of rotatable bonds is 7. The Hall–Kier alpha value is -1.22. The topological polar surface area (TPSA) is 30.5 Å². The Labute approximate surface area is 122 Å². The predicted molar refractivity (Wildman–Crippen MR) is 82.8 cm³/mol. The maximum Gasteiger partial charge on any atom is 0.161 e. The van der Waals surface area contributed by atoms with Crippen LogP contribution in [-0.2, 0) is 0 Å². The van der Waals surface area contributed by atoms with Gasteiger partial charge in [-0.15, -0.1) is 0 Å². The molecule has 0 saturated heterocycles. The van der Waals surface area contributed by atoms with Gasteiger partial charge in [-0.1, -0.05) is 33.3 Å². The van der Waals surface area contributed by atoms with Gasteiger partial charge >= 0.3 is 0 Å². The molecular weight excluding hydrogens is 250 g/mol. The Balaban J connectivity index is 2.11. The lowest BCUT2D eigenvalue weighted by molar-refractivity contribution is 0.171. The molecule has 1 aliphatic heterocycles. The van der Waals surface area contributed by atoms with Crippen molar-refractivity contribution in [2.75, 3.05) is 19.8 Å². The third kappa shape index (κ3) is 3.66. The summed E-state index contributed by atoms with van der Waals surface area (Å²) in [7, 11) is 0. The van der Waals surface area contributed by atoms with Gasteiger partial charge < -0.3 is 14.8 Å². The normalized spacial score (nSPS) is 16.8. The molecule has 3 nitrogen and oxygen atoms in total. The SMILES string of the molecule is CCCNC(CCC)C(C)c1ccc2c(c1)OCCO2. The van der Waals surface area contributed by atoms with Crippen molar-refractivity contribution in [2.45, 2.75) is 52.0 Å². The summed E-state index contributed by atoms with van der Waals surface area (Å²) in [5, 5.41) is 3.68. The molecule has 112 valence electrons. The van der Waals surface area contributed by atoms with Gasteiger partial charge in [-0.05, 0) is 43.0 Å². The average molecular weight is 277 g/mol. The van der Waals surface area contributed by atoms with Crippen LogP contribution in [-0.4, -0.2) is 25.8 Å².